The zero-order chi connectivity index (χ0) is 15.0. The van der Waals surface area contributed by atoms with Gasteiger partial charge in [0.15, 0.2) is 11.5 Å². The molecule has 3 N–H and O–H groups in total. The summed E-state index contributed by atoms with van der Waals surface area (Å²) >= 11 is 0. The number of hydrogen-bond donors (Lipinski definition) is 2. The number of nitrogens with one attached hydrogen (secondary N) is 1. The minimum atomic E-state index is -0.123. The van der Waals surface area contributed by atoms with E-state index in [1.807, 2.05) is 32.0 Å². The maximum absolute atomic E-state index is 12.0. The maximum atomic E-state index is 12.0. The molecule has 0 saturated heterocycles. The summed E-state index contributed by atoms with van der Waals surface area (Å²) in [5.74, 6) is 1.52. The third-order valence-corrected chi connectivity index (χ3v) is 3.89. The fraction of sp³-hybridized carbons (Fsp3) is 0.500. The summed E-state index contributed by atoms with van der Waals surface area (Å²) in [6.07, 6.45) is 2.63. The number of fused-ring (bicyclic) bond motifs is 1. The number of amides is 1. The van der Waals surface area contributed by atoms with Gasteiger partial charge in [-0.2, -0.15) is 0 Å². The molecule has 3 rings (SSSR count). The zero-order valence-corrected chi connectivity index (χ0v) is 12.4. The summed E-state index contributed by atoms with van der Waals surface area (Å²) in [5, 5.41) is 2.87. The SMILES string of the molecule is CC(C)C(N)CC(=O)Nc1ccc2oc(C3CC3)nc2c1. The van der Waals surface area contributed by atoms with Crippen molar-refractivity contribution < 1.29 is 9.21 Å². The molecule has 5 heteroatoms. The standard InChI is InChI=1S/C16H21N3O2/c1-9(2)12(17)8-15(20)18-11-5-6-14-13(7-11)19-16(21-14)10-3-4-10/h5-7,9-10,12H,3-4,8,17H2,1-2H3,(H,18,20). The largest absolute Gasteiger partial charge is 0.440 e. The van der Waals surface area contributed by atoms with Crippen LogP contribution in [0.3, 0.4) is 0 Å². The van der Waals surface area contributed by atoms with Gasteiger partial charge in [-0.05, 0) is 37.0 Å². The first-order valence-electron chi connectivity index (χ1n) is 7.49. The summed E-state index contributed by atoms with van der Waals surface area (Å²) in [5.41, 5.74) is 8.22. The topological polar surface area (TPSA) is 81.2 Å². The van der Waals surface area contributed by atoms with Crippen molar-refractivity contribution in [2.24, 2.45) is 11.7 Å². The molecular formula is C16H21N3O2. The number of rotatable bonds is 5. The number of aromatic nitrogens is 1. The van der Waals surface area contributed by atoms with Crippen molar-refractivity contribution in [1.29, 1.82) is 0 Å². The Kier molecular flexibility index (Phi) is 3.68. The average molecular weight is 287 g/mol. The lowest BCUT2D eigenvalue weighted by atomic mass is 10.0. The van der Waals surface area contributed by atoms with Gasteiger partial charge < -0.3 is 15.5 Å². The van der Waals surface area contributed by atoms with Crippen molar-refractivity contribution in [3.05, 3.63) is 24.1 Å². The second kappa shape index (κ2) is 5.48. The first-order chi connectivity index (χ1) is 10.0. The molecule has 112 valence electrons. The van der Waals surface area contributed by atoms with Gasteiger partial charge in [-0.15, -0.1) is 0 Å². The number of hydrogen-bond acceptors (Lipinski definition) is 4. The Labute approximate surface area is 123 Å². The molecule has 1 aromatic heterocycles. The molecule has 0 radical (unpaired) electrons. The van der Waals surface area contributed by atoms with Crippen molar-refractivity contribution in [2.45, 2.75) is 45.1 Å². The highest BCUT2D eigenvalue weighted by atomic mass is 16.3. The van der Waals surface area contributed by atoms with E-state index in [-0.39, 0.29) is 17.9 Å². The molecule has 1 aromatic carbocycles. The van der Waals surface area contributed by atoms with E-state index in [2.05, 4.69) is 10.3 Å². The zero-order valence-electron chi connectivity index (χ0n) is 12.4. The lowest BCUT2D eigenvalue weighted by Crippen LogP contribution is -2.31. The van der Waals surface area contributed by atoms with Gasteiger partial charge in [0.25, 0.3) is 0 Å². The summed E-state index contributed by atoms with van der Waals surface area (Å²) in [6.45, 7) is 4.03. The lowest BCUT2D eigenvalue weighted by Gasteiger charge is -2.14. The van der Waals surface area contributed by atoms with E-state index >= 15 is 0 Å². The molecule has 1 aliphatic carbocycles. The summed E-state index contributed by atoms with van der Waals surface area (Å²) in [7, 11) is 0. The third-order valence-electron chi connectivity index (χ3n) is 3.89. The molecule has 1 aliphatic rings. The van der Waals surface area contributed by atoms with Gasteiger partial charge in [-0.1, -0.05) is 13.8 Å². The number of oxazole rings is 1. The molecule has 1 heterocycles. The summed E-state index contributed by atoms with van der Waals surface area (Å²) in [4.78, 5) is 16.4. The Morgan fingerprint density at radius 3 is 2.90 bits per heavy atom. The Bertz CT molecular complexity index is 659. The summed E-state index contributed by atoms with van der Waals surface area (Å²) in [6, 6.07) is 5.42. The second-order valence-corrected chi connectivity index (χ2v) is 6.17. The molecule has 21 heavy (non-hydrogen) atoms. The number of nitrogens with two attached hydrogens (primary N) is 1. The van der Waals surface area contributed by atoms with Gasteiger partial charge in [0.1, 0.15) is 5.52 Å². The van der Waals surface area contributed by atoms with Gasteiger partial charge >= 0.3 is 0 Å². The summed E-state index contributed by atoms with van der Waals surface area (Å²) < 4.78 is 5.70. The molecule has 1 fully saturated rings. The first-order valence-corrected chi connectivity index (χ1v) is 7.49. The van der Waals surface area contributed by atoms with Gasteiger partial charge in [0.05, 0.1) is 0 Å². The van der Waals surface area contributed by atoms with E-state index in [1.165, 1.54) is 0 Å². The molecular weight excluding hydrogens is 266 g/mol. The van der Waals surface area contributed by atoms with Crippen molar-refractivity contribution in [1.82, 2.24) is 4.98 Å². The van der Waals surface area contributed by atoms with Crippen molar-refractivity contribution in [3.63, 3.8) is 0 Å². The van der Waals surface area contributed by atoms with Gasteiger partial charge in [-0.25, -0.2) is 4.98 Å². The second-order valence-electron chi connectivity index (χ2n) is 6.17. The van der Waals surface area contributed by atoms with E-state index in [4.69, 9.17) is 10.2 Å². The number of benzene rings is 1. The number of nitrogens with zero attached hydrogens (tertiary/aromatic N) is 1. The van der Waals surface area contributed by atoms with Crippen LogP contribution >= 0.6 is 0 Å². The van der Waals surface area contributed by atoms with Gasteiger partial charge in [0.2, 0.25) is 5.91 Å². The first kappa shape index (κ1) is 14.1. The van der Waals surface area contributed by atoms with E-state index in [1.54, 1.807) is 0 Å². The smallest absolute Gasteiger partial charge is 0.225 e. The molecule has 5 nitrogen and oxygen atoms in total. The molecule has 2 aromatic rings. The fourth-order valence-electron chi connectivity index (χ4n) is 2.19. The Morgan fingerprint density at radius 2 is 2.24 bits per heavy atom. The molecule has 1 unspecified atom stereocenters. The van der Waals surface area contributed by atoms with Crippen LogP contribution in [-0.2, 0) is 4.79 Å². The predicted octanol–water partition coefficient (Wildman–Crippen LogP) is 3.02. The fourth-order valence-corrected chi connectivity index (χ4v) is 2.19. The normalized spacial score (nSPS) is 16.4. The van der Waals surface area contributed by atoms with Crippen molar-refractivity contribution in [2.75, 3.05) is 5.32 Å². The van der Waals surface area contributed by atoms with Crippen LogP contribution in [0.15, 0.2) is 22.6 Å². The highest BCUT2D eigenvalue weighted by molar-refractivity contribution is 5.93. The van der Waals surface area contributed by atoms with Crippen LogP contribution in [0.4, 0.5) is 5.69 Å². The third kappa shape index (κ3) is 3.24. The van der Waals surface area contributed by atoms with Crippen LogP contribution in [0.5, 0.6) is 0 Å². The minimum absolute atomic E-state index is 0.0681. The quantitative estimate of drug-likeness (QED) is 0.885. The van der Waals surface area contributed by atoms with Crippen LogP contribution < -0.4 is 11.1 Å². The number of anilines is 1. The van der Waals surface area contributed by atoms with E-state index in [9.17, 15) is 4.79 Å². The van der Waals surface area contributed by atoms with Crippen LogP contribution in [-0.4, -0.2) is 16.9 Å². The maximum Gasteiger partial charge on any atom is 0.225 e. The molecule has 1 amide bonds. The molecule has 1 saturated carbocycles. The Morgan fingerprint density at radius 1 is 1.48 bits per heavy atom. The van der Waals surface area contributed by atoms with E-state index < -0.39 is 0 Å². The predicted molar refractivity (Wildman–Crippen MR) is 82.0 cm³/mol. The number of carbonyl (C=O) groups excluding carboxylic acids is 1. The van der Waals surface area contributed by atoms with E-state index in [0.29, 0.717) is 12.3 Å². The van der Waals surface area contributed by atoms with Crippen LogP contribution in [0.1, 0.15) is 44.9 Å². The van der Waals surface area contributed by atoms with Crippen LogP contribution in [0.25, 0.3) is 11.1 Å². The van der Waals surface area contributed by atoms with E-state index in [0.717, 1.165) is 35.5 Å². The lowest BCUT2D eigenvalue weighted by molar-refractivity contribution is -0.116. The van der Waals surface area contributed by atoms with Gasteiger partial charge in [-0.3, -0.25) is 4.79 Å². The van der Waals surface area contributed by atoms with Crippen molar-refractivity contribution >= 4 is 22.7 Å². The Hall–Kier alpha value is -1.88. The Balaban J connectivity index is 1.70. The van der Waals surface area contributed by atoms with Crippen molar-refractivity contribution in [3.8, 4) is 0 Å². The molecule has 1 atom stereocenters. The van der Waals surface area contributed by atoms with Crippen LogP contribution in [0, 0.1) is 5.92 Å². The van der Waals surface area contributed by atoms with Gasteiger partial charge in [0, 0.05) is 24.1 Å². The molecule has 0 spiro atoms. The monoisotopic (exact) mass is 287 g/mol. The average Bonchev–Trinajstić information content (AvgIpc) is 3.18. The number of carbonyl (C=O) groups is 1. The highest BCUT2D eigenvalue weighted by Crippen LogP contribution is 2.40. The minimum Gasteiger partial charge on any atom is -0.440 e. The van der Waals surface area contributed by atoms with Crippen LogP contribution in [0.2, 0.25) is 0 Å². The molecule has 0 aliphatic heterocycles. The molecule has 0 bridgehead atoms. The highest BCUT2D eigenvalue weighted by Gasteiger charge is 2.28.